The molecule has 3 aromatic carbocycles. The van der Waals surface area contributed by atoms with Crippen LogP contribution in [0.4, 0.5) is 0 Å². The molecule has 8 rings (SSSR count). The van der Waals surface area contributed by atoms with Gasteiger partial charge in [-0.2, -0.15) is 5.06 Å². The van der Waals surface area contributed by atoms with E-state index in [-0.39, 0.29) is 50.4 Å². The molecule has 3 aliphatic heterocycles. The summed E-state index contributed by atoms with van der Waals surface area (Å²) in [5.41, 5.74) is 3.61. The topological polar surface area (TPSA) is 156 Å². The summed E-state index contributed by atoms with van der Waals surface area (Å²) >= 11 is 0. The summed E-state index contributed by atoms with van der Waals surface area (Å²) in [7, 11) is 3.37. The van der Waals surface area contributed by atoms with Gasteiger partial charge in [0.25, 0.3) is 5.91 Å². The van der Waals surface area contributed by atoms with Crippen molar-refractivity contribution in [1.29, 1.82) is 0 Å². The van der Waals surface area contributed by atoms with Crippen LogP contribution in [0.15, 0.2) is 78.9 Å². The van der Waals surface area contributed by atoms with Gasteiger partial charge in [-0.25, -0.2) is 0 Å². The Morgan fingerprint density at radius 1 is 0.943 bits per heavy atom. The van der Waals surface area contributed by atoms with Crippen LogP contribution in [-0.2, 0) is 59.4 Å². The van der Waals surface area contributed by atoms with Gasteiger partial charge in [-0.1, -0.05) is 60.7 Å². The second-order valence-electron chi connectivity index (χ2n) is 14.6. The third-order valence-corrected chi connectivity index (χ3v) is 10.9. The maximum atomic E-state index is 14.7. The number of aliphatic hydroxyl groups excluding tert-OH is 1. The zero-order valence-electron chi connectivity index (χ0n) is 29.5. The zero-order valence-corrected chi connectivity index (χ0v) is 29.5. The second kappa shape index (κ2) is 13.8. The van der Waals surface area contributed by atoms with Crippen LogP contribution in [0, 0.1) is 5.41 Å². The number of amides is 3. The van der Waals surface area contributed by atoms with Crippen LogP contribution >= 0.6 is 0 Å². The van der Waals surface area contributed by atoms with E-state index in [4.69, 9.17) is 24.2 Å². The van der Waals surface area contributed by atoms with Crippen molar-refractivity contribution in [3.8, 4) is 0 Å². The van der Waals surface area contributed by atoms with Crippen molar-refractivity contribution in [2.24, 2.45) is 5.41 Å². The number of hydrogen-bond acceptors (Lipinski definition) is 10. The molecule has 0 aromatic heterocycles. The highest BCUT2D eigenvalue weighted by atomic mass is 16.8. The fourth-order valence-corrected chi connectivity index (χ4v) is 8.43. The Labute approximate surface area is 306 Å². The predicted molar refractivity (Wildman–Crippen MR) is 189 cm³/mol. The molecule has 276 valence electrons. The molecule has 3 saturated heterocycles. The Morgan fingerprint density at radius 3 is 2.40 bits per heavy atom. The number of likely N-dealkylation sites (N-methyl/N-ethyl adjacent to an activating group) is 1. The Balaban J connectivity index is 1.08. The number of nitrogens with one attached hydrogen (secondary N) is 2. The van der Waals surface area contributed by atoms with Gasteiger partial charge in [0.1, 0.15) is 29.8 Å². The summed E-state index contributed by atoms with van der Waals surface area (Å²) in [5, 5.41) is 16.4. The van der Waals surface area contributed by atoms with Gasteiger partial charge in [-0.15, -0.1) is 0 Å². The van der Waals surface area contributed by atoms with E-state index in [1.165, 1.54) is 11.0 Å². The molecule has 1 spiro atoms. The number of fused-ring (bicyclic) bond motifs is 5. The average molecular weight is 723 g/mol. The number of carbonyl (C=O) groups excluding carboxylic acids is 4. The van der Waals surface area contributed by atoms with E-state index in [0.717, 1.165) is 22.3 Å². The average Bonchev–Trinajstić information content (AvgIpc) is 3.83. The lowest BCUT2D eigenvalue weighted by atomic mass is 9.62. The first-order valence-electron chi connectivity index (χ1n) is 17.9. The lowest BCUT2D eigenvalue weighted by Crippen LogP contribution is -2.69. The molecule has 6 atom stereocenters. The van der Waals surface area contributed by atoms with E-state index in [2.05, 4.69) is 22.8 Å². The van der Waals surface area contributed by atoms with Gasteiger partial charge in [0.2, 0.25) is 11.8 Å². The van der Waals surface area contributed by atoms with Crippen molar-refractivity contribution in [3.05, 3.63) is 112 Å². The minimum absolute atomic E-state index is 0.0941. The van der Waals surface area contributed by atoms with Crippen molar-refractivity contribution < 1.29 is 43.3 Å². The fraction of sp³-hybridized carbons (Fsp3) is 0.400. The lowest BCUT2D eigenvalue weighted by Gasteiger charge is -2.48. The van der Waals surface area contributed by atoms with Crippen molar-refractivity contribution in [3.63, 3.8) is 0 Å². The molecule has 2 bridgehead atoms. The third kappa shape index (κ3) is 6.32. The number of esters is 1. The highest BCUT2D eigenvalue weighted by Gasteiger charge is 2.76. The van der Waals surface area contributed by atoms with Gasteiger partial charge in [0, 0.05) is 58.1 Å². The van der Waals surface area contributed by atoms with Crippen molar-refractivity contribution >= 4 is 29.8 Å². The summed E-state index contributed by atoms with van der Waals surface area (Å²) in [6.45, 7) is 0.216. The van der Waals surface area contributed by atoms with Gasteiger partial charge < -0.3 is 34.9 Å². The molecule has 13 nitrogen and oxygen atoms in total. The first-order valence-corrected chi connectivity index (χ1v) is 17.9. The fourth-order valence-electron chi connectivity index (χ4n) is 8.43. The number of hydrogen-bond donors (Lipinski definition) is 3. The molecule has 13 heteroatoms. The Bertz CT molecular complexity index is 1940. The summed E-state index contributed by atoms with van der Waals surface area (Å²) in [5.74, 6) is -2.38. The standard InChI is InChI=1S/C40H42N4O9/c1-43(2)31(46)15-14-24-10-12-25(13-11-24)23-44-34-37(48)50-30-21-40(34,38(49)42-22-26-6-5-9-27(18-26)36(47)41-16-17-45)35(53-44)33-32(30)51-39(52-33)19-28-7-3-4-8-29(28)20-39/h3-15,18,30,32-35,45H,16-17,19-23H2,1-2H3,(H,41,47)(H,42,49)/t30-,32-,33-,34-,35+,40-/m0/s1. The molecule has 3 heterocycles. The second-order valence-corrected chi connectivity index (χ2v) is 14.6. The van der Waals surface area contributed by atoms with Crippen LogP contribution in [0.2, 0.25) is 0 Å². The SMILES string of the molecule is CN(C)C(=O)C=Cc1ccc(CN2O[C@@H]3[C@H]4OC5(Cc6ccccc6C5)O[C@H]4[C@@H]4C[C@]3(C(=O)NCc3cccc(C(=O)NCCO)c3)[C@@H]2C(=O)O4)cc1. The minimum Gasteiger partial charge on any atom is -0.458 e. The minimum atomic E-state index is -1.37. The number of aliphatic hydroxyl groups is 1. The predicted octanol–water partition coefficient (Wildman–Crippen LogP) is 1.91. The van der Waals surface area contributed by atoms with E-state index in [0.29, 0.717) is 24.0 Å². The van der Waals surface area contributed by atoms with Gasteiger partial charge in [-0.3, -0.25) is 24.0 Å². The first-order chi connectivity index (χ1) is 25.6. The van der Waals surface area contributed by atoms with Crippen LogP contribution in [0.1, 0.15) is 44.6 Å². The Morgan fingerprint density at radius 2 is 1.68 bits per heavy atom. The van der Waals surface area contributed by atoms with Crippen molar-refractivity contribution in [2.75, 3.05) is 27.2 Å². The lowest BCUT2D eigenvalue weighted by molar-refractivity contribution is -0.217. The molecule has 53 heavy (non-hydrogen) atoms. The van der Waals surface area contributed by atoms with E-state index < -0.39 is 47.6 Å². The van der Waals surface area contributed by atoms with Crippen LogP contribution in [0.5, 0.6) is 0 Å². The molecule has 5 aliphatic rings. The molecule has 1 saturated carbocycles. The largest absolute Gasteiger partial charge is 0.458 e. The van der Waals surface area contributed by atoms with Crippen LogP contribution in [0.3, 0.4) is 0 Å². The molecule has 2 aliphatic carbocycles. The summed E-state index contributed by atoms with van der Waals surface area (Å²) in [4.78, 5) is 61.6. The van der Waals surface area contributed by atoms with Crippen LogP contribution in [-0.4, -0.2) is 102 Å². The molecule has 4 fully saturated rings. The summed E-state index contributed by atoms with van der Waals surface area (Å²) < 4.78 is 19.6. The van der Waals surface area contributed by atoms with Crippen LogP contribution in [0.25, 0.3) is 6.08 Å². The summed E-state index contributed by atoms with van der Waals surface area (Å²) in [6, 6.07) is 21.4. The Kier molecular flexibility index (Phi) is 9.15. The van der Waals surface area contributed by atoms with Gasteiger partial charge in [0.15, 0.2) is 11.8 Å². The maximum Gasteiger partial charge on any atom is 0.327 e. The van der Waals surface area contributed by atoms with Crippen LogP contribution < -0.4 is 10.6 Å². The molecule has 0 unspecified atom stereocenters. The third-order valence-electron chi connectivity index (χ3n) is 10.9. The van der Waals surface area contributed by atoms with Gasteiger partial charge in [0.05, 0.1) is 13.2 Å². The molecule has 3 aromatic rings. The highest BCUT2D eigenvalue weighted by Crippen LogP contribution is 2.58. The number of ether oxygens (including phenoxy) is 3. The number of hydroxylamine groups is 2. The normalized spacial score (nSPS) is 27.7. The van der Waals surface area contributed by atoms with E-state index in [1.807, 2.05) is 36.4 Å². The number of carbonyl (C=O) groups is 4. The van der Waals surface area contributed by atoms with Gasteiger partial charge >= 0.3 is 5.97 Å². The first kappa shape index (κ1) is 35.1. The quantitative estimate of drug-likeness (QED) is 0.209. The molecule has 3 N–H and O–H groups in total. The van der Waals surface area contributed by atoms with E-state index in [9.17, 15) is 19.2 Å². The Hall–Kier alpha value is -4.92. The van der Waals surface area contributed by atoms with Gasteiger partial charge in [-0.05, 0) is 46.0 Å². The summed E-state index contributed by atoms with van der Waals surface area (Å²) in [6.07, 6.45) is 1.54. The molecular formula is C40H42N4O9. The smallest absolute Gasteiger partial charge is 0.327 e. The van der Waals surface area contributed by atoms with Crippen molar-refractivity contribution in [1.82, 2.24) is 20.6 Å². The monoisotopic (exact) mass is 722 g/mol. The molecule has 0 radical (unpaired) electrons. The zero-order chi connectivity index (χ0) is 36.9. The maximum absolute atomic E-state index is 14.7. The highest BCUT2D eigenvalue weighted by molar-refractivity contribution is 5.95. The molecular weight excluding hydrogens is 680 g/mol. The number of benzene rings is 3. The molecule has 3 amide bonds. The van der Waals surface area contributed by atoms with Crippen molar-refractivity contribution in [2.45, 2.75) is 68.6 Å². The van der Waals surface area contributed by atoms with E-state index in [1.54, 1.807) is 49.5 Å². The number of nitrogens with zero attached hydrogens (tertiary/aromatic N) is 2. The van der Waals surface area contributed by atoms with E-state index >= 15 is 0 Å². The number of rotatable bonds is 10.